The van der Waals surface area contributed by atoms with Crippen LogP contribution in [0.15, 0.2) is 48.5 Å². The molecule has 0 bridgehead atoms. The first kappa shape index (κ1) is 22.4. The molecule has 0 aromatic heterocycles. The van der Waals surface area contributed by atoms with Crippen LogP contribution in [0.25, 0.3) is 0 Å². The molecule has 0 spiro atoms. The predicted octanol–water partition coefficient (Wildman–Crippen LogP) is 1.78. The van der Waals surface area contributed by atoms with Gasteiger partial charge in [-0.2, -0.15) is 0 Å². The predicted molar refractivity (Wildman–Crippen MR) is 120 cm³/mol. The Labute approximate surface area is 194 Å². The molecule has 11 heteroatoms. The summed E-state index contributed by atoms with van der Waals surface area (Å²) in [5.74, 6) is -1.24. The Hall–Kier alpha value is -3.79. The molecule has 3 N–H and O–H groups in total. The van der Waals surface area contributed by atoms with Gasteiger partial charge in [-0.15, -0.1) is 0 Å². The van der Waals surface area contributed by atoms with Crippen molar-refractivity contribution in [1.82, 2.24) is 15.3 Å². The smallest absolute Gasteiger partial charge is 0.367 e. The molecular weight excluding hydrogens is 450 g/mol. The average molecular weight is 472 g/mol. The van der Waals surface area contributed by atoms with Crippen molar-refractivity contribution in [2.45, 2.75) is 12.5 Å². The highest BCUT2D eigenvalue weighted by Crippen LogP contribution is 2.30. The first-order valence-corrected chi connectivity index (χ1v) is 10.7. The van der Waals surface area contributed by atoms with Gasteiger partial charge in [0.25, 0.3) is 5.91 Å². The number of halogens is 1. The molecule has 2 aliphatic rings. The van der Waals surface area contributed by atoms with Crippen molar-refractivity contribution in [3.8, 4) is 0 Å². The molecule has 5 amide bonds. The molecule has 2 fully saturated rings. The van der Waals surface area contributed by atoms with Gasteiger partial charge in [0.05, 0.1) is 16.3 Å². The Morgan fingerprint density at radius 3 is 2.39 bits per heavy atom. The lowest BCUT2D eigenvalue weighted by Gasteiger charge is -2.36. The number of amides is 5. The lowest BCUT2D eigenvalue weighted by Crippen LogP contribution is -2.50. The quantitative estimate of drug-likeness (QED) is 0.640. The number of anilines is 1. The summed E-state index contributed by atoms with van der Waals surface area (Å²) in [5.41, 5.74) is 7.09. The van der Waals surface area contributed by atoms with Gasteiger partial charge in [0.15, 0.2) is 0 Å². The molecule has 2 aromatic rings. The molecule has 2 heterocycles. The summed E-state index contributed by atoms with van der Waals surface area (Å²) >= 11 is 6.32. The molecule has 172 valence electrons. The lowest BCUT2D eigenvalue weighted by molar-refractivity contribution is -0.151. The largest absolute Gasteiger partial charge is 0.434 e. The second-order valence-electron chi connectivity index (χ2n) is 7.66. The third kappa shape index (κ3) is 4.70. The fraction of sp³-hybridized carbons (Fsp3) is 0.273. The van der Waals surface area contributed by atoms with Crippen LogP contribution < -0.4 is 16.0 Å². The second-order valence-corrected chi connectivity index (χ2v) is 8.04. The van der Waals surface area contributed by atoms with Gasteiger partial charge in [-0.25, -0.2) is 9.59 Å². The number of rotatable bonds is 5. The van der Waals surface area contributed by atoms with E-state index in [2.05, 4.69) is 5.32 Å². The average Bonchev–Trinajstić information content (AvgIpc) is 3.07. The van der Waals surface area contributed by atoms with Crippen LogP contribution in [0.5, 0.6) is 0 Å². The van der Waals surface area contributed by atoms with E-state index >= 15 is 0 Å². The summed E-state index contributed by atoms with van der Waals surface area (Å²) in [6.07, 6.45) is -0.501. The first-order valence-electron chi connectivity index (χ1n) is 10.3. The van der Waals surface area contributed by atoms with Gasteiger partial charge in [-0.05, 0) is 17.7 Å². The Morgan fingerprint density at radius 1 is 1.03 bits per heavy atom. The van der Waals surface area contributed by atoms with E-state index < -0.39 is 30.0 Å². The van der Waals surface area contributed by atoms with Crippen LogP contribution in [0.4, 0.5) is 15.3 Å². The number of urea groups is 1. The van der Waals surface area contributed by atoms with Crippen LogP contribution >= 0.6 is 11.6 Å². The zero-order chi connectivity index (χ0) is 23.5. The number of nitrogens with zero attached hydrogens (tertiary/aromatic N) is 3. The van der Waals surface area contributed by atoms with Gasteiger partial charge in [-0.3, -0.25) is 9.59 Å². The van der Waals surface area contributed by atoms with Crippen LogP contribution in [-0.4, -0.2) is 66.1 Å². The lowest BCUT2D eigenvalue weighted by atomic mass is 10.1. The minimum atomic E-state index is -0.802. The van der Waals surface area contributed by atoms with E-state index in [4.69, 9.17) is 22.2 Å². The summed E-state index contributed by atoms with van der Waals surface area (Å²) in [6.45, 7) is 1.36. The summed E-state index contributed by atoms with van der Waals surface area (Å²) in [6, 6.07) is 12.6. The van der Waals surface area contributed by atoms with Gasteiger partial charge in [0, 0.05) is 32.6 Å². The Morgan fingerprint density at radius 2 is 1.73 bits per heavy atom. The Balaban J connectivity index is 1.34. The standard InChI is InChI=1S/C22H22ClN5O5/c23-18-15(19(24)29)7-4-8-17(18)26-9-11-27(12-10-26)22(32)33-28-20(30)16(25-21(28)31)13-14-5-2-1-3-6-14/h1-8,16H,9-13H2,(H2,24,29)(H,25,31)/t16-/m0/s1. The minimum absolute atomic E-state index is 0.222. The fourth-order valence-corrected chi connectivity index (χ4v) is 4.14. The summed E-state index contributed by atoms with van der Waals surface area (Å²) < 4.78 is 0. The first-order chi connectivity index (χ1) is 15.8. The van der Waals surface area contributed by atoms with E-state index in [0.29, 0.717) is 30.3 Å². The molecule has 0 unspecified atom stereocenters. The van der Waals surface area contributed by atoms with Crippen molar-refractivity contribution in [3.05, 3.63) is 64.7 Å². The molecule has 0 saturated carbocycles. The number of hydrogen-bond donors (Lipinski definition) is 2. The molecule has 33 heavy (non-hydrogen) atoms. The van der Waals surface area contributed by atoms with Gasteiger partial charge in [-0.1, -0.05) is 53.1 Å². The molecule has 0 radical (unpaired) electrons. The molecule has 0 aliphatic carbocycles. The normalized spacial score (nSPS) is 18.3. The Bertz CT molecular complexity index is 1090. The fourth-order valence-electron chi connectivity index (χ4n) is 3.81. The van der Waals surface area contributed by atoms with E-state index in [9.17, 15) is 19.2 Å². The maximum Gasteiger partial charge on any atom is 0.434 e. The molecule has 2 aromatic carbocycles. The number of nitrogens with two attached hydrogens (primary N) is 1. The van der Waals surface area contributed by atoms with Gasteiger partial charge >= 0.3 is 12.1 Å². The number of hydroxylamine groups is 2. The maximum atomic E-state index is 12.6. The second kappa shape index (κ2) is 9.37. The topological polar surface area (TPSA) is 125 Å². The SMILES string of the molecule is NC(=O)c1cccc(N2CCN(C(=O)ON3C(=O)N[C@@H](Cc4ccccc4)C3=O)CC2)c1Cl. The van der Waals surface area contributed by atoms with Gasteiger partial charge in [0.2, 0.25) is 5.91 Å². The van der Waals surface area contributed by atoms with E-state index in [-0.39, 0.29) is 23.7 Å². The van der Waals surface area contributed by atoms with Crippen molar-refractivity contribution < 1.29 is 24.0 Å². The minimum Gasteiger partial charge on any atom is -0.367 e. The van der Waals surface area contributed by atoms with Crippen molar-refractivity contribution in [3.63, 3.8) is 0 Å². The third-order valence-corrected chi connectivity index (χ3v) is 5.95. The van der Waals surface area contributed by atoms with E-state index in [1.54, 1.807) is 18.2 Å². The number of carbonyl (C=O) groups excluding carboxylic acids is 4. The van der Waals surface area contributed by atoms with Crippen LogP contribution in [0.3, 0.4) is 0 Å². The van der Waals surface area contributed by atoms with Crippen LogP contribution in [0.2, 0.25) is 5.02 Å². The zero-order valence-electron chi connectivity index (χ0n) is 17.6. The molecule has 4 rings (SSSR count). The van der Waals surface area contributed by atoms with Crippen molar-refractivity contribution in [2.24, 2.45) is 5.73 Å². The van der Waals surface area contributed by atoms with Crippen molar-refractivity contribution in [2.75, 3.05) is 31.1 Å². The summed E-state index contributed by atoms with van der Waals surface area (Å²) in [7, 11) is 0. The number of hydrogen-bond acceptors (Lipinski definition) is 6. The highest BCUT2D eigenvalue weighted by molar-refractivity contribution is 6.36. The summed E-state index contributed by atoms with van der Waals surface area (Å²) in [5, 5.41) is 3.28. The highest BCUT2D eigenvalue weighted by atomic mass is 35.5. The molecule has 2 aliphatic heterocycles. The number of primary amides is 1. The number of benzene rings is 2. The van der Waals surface area contributed by atoms with Gasteiger partial charge < -0.3 is 25.7 Å². The van der Waals surface area contributed by atoms with E-state index in [1.165, 1.54) is 4.90 Å². The number of carbonyl (C=O) groups is 4. The molecule has 10 nitrogen and oxygen atoms in total. The Kier molecular flexibility index (Phi) is 6.36. The number of imide groups is 1. The van der Waals surface area contributed by atoms with Crippen molar-refractivity contribution in [1.29, 1.82) is 0 Å². The van der Waals surface area contributed by atoms with E-state index in [1.807, 2.05) is 35.2 Å². The molecular formula is C22H22ClN5O5. The van der Waals surface area contributed by atoms with Crippen molar-refractivity contribution >= 4 is 41.2 Å². The van der Waals surface area contributed by atoms with Crippen LogP contribution in [0.1, 0.15) is 15.9 Å². The van der Waals surface area contributed by atoms with Crippen LogP contribution in [0, 0.1) is 0 Å². The monoisotopic (exact) mass is 471 g/mol. The summed E-state index contributed by atoms with van der Waals surface area (Å²) in [4.78, 5) is 57.3. The maximum absolute atomic E-state index is 12.6. The molecule has 1 atom stereocenters. The zero-order valence-corrected chi connectivity index (χ0v) is 18.3. The number of nitrogens with one attached hydrogen (secondary N) is 1. The van der Waals surface area contributed by atoms with Gasteiger partial charge in [0.1, 0.15) is 6.04 Å². The van der Waals surface area contributed by atoms with Crippen LogP contribution in [-0.2, 0) is 16.1 Å². The third-order valence-electron chi connectivity index (χ3n) is 5.55. The highest BCUT2D eigenvalue weighted by Gasteiger charge is 2.42. The van der Waals surface area contributed by atoms with E-state index in [0.717, 1.165) is 5.56 Å². The molecule has 2 saturated heterocycles. The number of piperazine rings is 1.